The van der Waals surface area contributed by atoms with E-state index in [1.165, 1.54) is 11.8 Å². The second kappa shape index (κ2) is 8.98. The van der Waals surface area contributed by atoms with E-state index in [9.17, 15) is 4.79 Å². The van der Waals surface area contributed by atoms with Crippen LogP contribution in [-0.4, -0.2) is 42.2 Å². The van der Waals surface area contributed by atoms with Gasteiger partial charge in [-0.2, -0.15) is 0 Å². The first-order valence-corrected chi connectivity index (χ1v) is 8.01. The molecule has 0 spiro atoms. The molecule has 1 aromatic carbocycles. The lowest BCUT2D eigenvalue weighted by Gasteiger charge is -2.27. The molecular formula is C18H24N4O2. The molecule has 0 aliphatic carbocycles. The summed E-state index contributed by atoms with van der Waals surface area (Å²) in [5.74, 6) is 0.507. The summed E-state index contributed by atoms with van der Waals surface area (Å²) in [5.41, 5.74) is 1.51. The summed E-state index contributed by atoms with van der Waals surface area (Å²) in [7, 11) is 1.59. The second-order valence-electron chi connectivity index (χ2n) is 5.72. The predicted octanol–water partition coefficient (Wildman–Crippen LogP) is 2.27. The van der Waals surface area contributed by atoms with Gasteiger partial charge in [-0.25, -0.2) is 9.97 Å². The van der Waals surface area contributed by atoms with E-state index in [1.54, 1.807) is 13.3 Å². The molecule has 2 rings (SSSR count). The molecule has 0 unspecified atom stereocenters. The third-order valence-electron chi connectivity index (χ3n) is 3.58. The van der Waals surface area contributed by atoms with Crippen molar-refractivity contribution < 1.29 is 9.53 Å². The fourth-order valence-electron chi connectivity index (χ4n) is 2.25. The normalized spacial score (nSPS) is 10.7. The summed E-state index contributed by atoms with van der Waals surface area (Å²) in [6, 6.07) is 10.5. The summed E-state index contributed by atoms with van der Waals surface area (Å²) >= 11 is 0. The van der Waals surface area contributed by atoms with Crippen molar-refractivity contribution in [1.29, 1.82) is 0 Å². The van der Waals surface area contributed by atoms with Crippen LogP contribution in [0.5, 0.6) is 0 Å². The van der Waals surface area contributed by atoms with E-state index in [-0.39, 0.29) is 11.9 Å². The van der Waals surface area contributed by atoms with Crippen LogP contribution in [0.1, 0.15) is 29.9 Å². The number of carbonyl (C=O) groups is 1. The van der Waals surface area contributed by atoms with Crippen molar-refractivity contribution in [3.05, 3.63) is 54.0 Å². The summed E-state index contributed by atoms with van der Waals surface area (Å²) in [4.78, 5) is 22.8. The van der Waals surface area contributed by atoms with Gasteiger partial charge in [0.15, 0.2) is 0 Å². The van der Waals surface area contributed by atoms with E-state index in [1.807, 2.05) is 18.2 Å². The number of anilines is 1. The zero-order chi connectivity index (χ0) is 17.4. The lowest BCUT2D eigenvalue weighted by molar-refractivity contribution is 0.0931. The third kappa shape index (κ3) is 5.03. The van der Waals surface area contributed by atoms with E-state index in [4.69, 9.17) is 4.74 Å². The molecule has 1 heterocycles. The first-order valence-electron chi connectivity index (χ1n) is 8.01. The van der Waals surface area contributed by atoms with Gasteiger partial charge in [0.1, 0.15) is 11.5 Å². The molecule has 0 saturated carbocycles. The predicted molar refractivity (Wildman–Crippen MR) is 94.0 cm³/mol. The van der Waals surface area contributed by atoms with E-state index in [0.29, 0.717) is 18.8 Å². The van der Waals surface area contributed by atoms with Crippen LogP contribution in [0.25, 0.3) is 0 Å². The van der Waals surface area contributed by atoms with Gasteiger partial charge in [0.2, 0.25) is 0 Å². The highest BCUT2D eigenvalue weighted by atomic mass is 16.5. The fraction of sp³-hybridized carbons (Fsp3) is 0.389. The Morgan fingerprint density at radius 1 is 1.21 bits per heavy atom. The van der Waals surface area contributed by atoms with Crippen LogP contribution in [0.2, 0.25) is 0 Å². The third-order valence-corrected chi connectivity index (χ3v) is 3.58. The van der Waals surface area contributed by atoms with Gasteiger partial charge < -0.3 is 15.0 Å². The smallest absolute Gasteiger partial charge is 0.271 e. The Balaban J connectivity index is 2.07. The topological polar surface area (TPSA) is 67.3 Å². The van der Waals surface area contributed by atoms with Crippen molar-refractivity contribution >= 4 is 11.7 Å². The molecule has 6 nitrogen and oxygen atoms in total. The van der Waals surface area contributed by atoms with Gasteiger partial charge in [0.25, 0.3) is 5.91 Å². The molecule has 0 aliphatic rings. The van der Waals surface area contributed by atoms with Crippen molar-refractivity contribution in [2.45, 2.75) is 26.4 Å². The van der Waals surface area contributed by atoms with Crippen molar-refractivity contribution in [3.8, 4) is 0 Å². The number of methoxy groups -OCH3 is 1. The molecule has 24 heavy (non-hydrogen) atoms. The van der Waals surface area contributed by atoms with Gasteiger partial charge >= 0.3 is 0 Å². The molecule has 1 amide bonds. The monoisotopic (exact) mass is 328 g/mol. The lowest BCUT2D eigenvalue weighted by Crippen LogP contribution is -2.32. The van der Waals surface area contributed by atoms with Crippen LogP contribution in [0.15, 0.2) is 42.7 Å². The molecule has 6 heteroatoms. The summed E-state index contributed by atoms with van der Waals surface area (Å²) in [5, 5.41) is 2.73. The summed E-state index contributed by atoms with van der Waals surface area (Å²) < 4.78 is 4.90. The number of rotatable bonds is 8. The van der Waals surface area contributed by atoms with Crippen molar-refractivity contribution in [2.75, 3.05) is 25.2 Å². The number of ether oxygens (including phenoxy) is 1. The minimum Gasteiger partial charge on any atom is -0.383 e. The van der Waals surface area contributed by atoms with Gasteiger partial charge in [-0.1, -0.05) is 30.3 Å². The Labute approximate surface area is 142 Å². The van der Waals surface area contributed by atoms with Crippen LogP contribution in [0, 0.1) is 0 Å². The van der Waals surface area contributed by atoms with Crippen LogP contribution < -0.4 is 10.2 Å². The fourth-order valence-corrected chi connectivity index (χ4v) is 2.25. The summed E-state index contributed by atoms with van der Waals surface area (Å²) in [6.45, 7) is 5.87. The van der Waals surface area contributed by atoms with E-state index in [2.05, 4.69) is 46.2 Å². The van der Waals surface area contributed by atoms with Gasteiger partial charge in [-0.15, -0.1) is 0 Å². The van der Waals surface area contributed by atoms with E-state index >= 15 is 0 Å². The second-order valence-corrected chi connectivity index (χ2v) is 5.72. The standard InChI is InChI=1S/C18H24N4O2/c1-14(2)22(13-15-7-5-4-6-8-15)17-12-20-16(11-21-17)18(23)19-9-10-24-3/h4-8,11-12,14H,9-10,13H2,1-3H3,(H,19,23). The quantitative estimate of drug-likeness (QED) is 0.753. The highest BCUT2D eigenvalue weighted by Gasteiger charge is 2.14. The SMILES string of the molecule is COCCNC(=O)c1cnc(N(Cc2ccccc2)C(C)C)cn1. The molecule has 0 atom stereocenters. The maximum atomic E-state index is 11.9. The Kier molecular flexibility index (Phi) is 6.69. The number of hydrogen-bond donors (Lipinski definition) is 1. The highest BCUT2D eigenvalue weighted by molar-refractivity contribution is 5.91. The number of hydrogen-bond acceptors (Lipinski definition) is 5. The van der Waals surface area contributed by atoms with Crippen LogP contribution in [0.3, 0.4) is 0 Å². The Bertz CT molecular complexity index is 629. The van der Waals surface area contributed by atoms with Crippen molar-refractivity contribution in [3.63, 3.8) is 0 Å². The molecule has 0 bridgehead atoms. The molecule has 2 aromatic rings. The van der Waals surface area contributed by atoms with Crippen molar-refractivity contribution in [1.82, 2.24) is 15.3 Å². The van der Waals surface area contributed by atoms with Gasteiger partial charge in [-0.3, -0.25) is 4.79 Å². The largest absolute Gasteiger partial charge is 0.383 e. The Hall–Kier alpha value is -2.47. The van der Waals surface area contributed by atoms with E-state index in [0.717, 1.165) is 12.4 Å². The molecule has 0 saturated heterocycles. The van der Waals surface area contributed by atoms with Gasteiger partial charge in [-0.05, 0) is 19.4 Å². The minimum atomic E-state index is -0.245. The number of aromatic nitrogens is 2. The zero-order valence-electron chi connectivity index (χ0n) is 14.4. The number of nitrogens with one attached hydrogen (secondary N) is 1. The molecule has 1 aromatic heterocycles. The molecule has 0 fully saturated rings. The molecule has 0 radical (unpaired) electrons. The molecule has 128 valence electrons. The first-order chi connectivity index (χ1) is 11.6. The number of nitrogens with zero attached hydrogens (tertiary/aromatic N) is 3. The molecular weight excluding hydrogens is 304 g/mol. The average Bonchev–Trinajstić information content (AvgIpc) is 2.60. The number of amides is 1. The van der Waals surface area contributed by atoms with Gasteiger partial charge in [0, 0.05) is 26.2 Å². The Morgan fingerprint density at radius 2 is 1.96 bits per heavy atom. The molecule has 0 aliphatic heterocycles. The Morgan fingerprint density at radius 3 is 2.54 bits per heavy atom. The number of carbonyl (C=O) groups excluding carboxylic acids is 1. The first kappa shape index (κ1) is 17.9. The van der Waals surface area contributed by atoms with E-state index < -0.39 is 0 Å². The summed E-state index contributed by atoms with van der Waals surface area (Å²) in [6.07, 6.45) is 3.16. The lowest BCUT2D eigenvalue weighted by atomic mass is 10.2. The zero-order valence-corrected chi connectivity index (χ0v) is 14.4. The van der Waals surface area contributed by atoms with Crippen LogP contribution in [0.4, 0.5) is 5.82 Å². The maximum absolute atomic E-state index is 11.9. The molecule has 1 N–H and O–H groups in total. The highest BCUT2D eigenvalue weighted by Crippen LogP contribution is 2.16. The van der Waals surface area contributed by atoms with Gasteiger partial charge in [0.05, 0.1) is 19.0 Å². The maximum Gasteiger partial charge on any atom is 0.271 e. The average molecular weight is 328 g/mol. The van der Waals surface area contributed by atoms with Crippen LogP contribution >= 0.6 is 0 Å². The van der Waals surface area contributed by atoms with Crippen LogP contribution in [-0.2, 0) is 11.3 Å². The van der Waals surface area contributed by atoms with Crippen molar-refractivity contribution in [2.24, 2.45) is 0 Å². The number of benzene rings is 1. The minimum absolute atomic E-state index is 0.245.